The van der Waals surface area contributed by atoms with Crippen molar-refractivity contribution in [3.05, 3.63) is 69.9 Å². The summed E-state index contributed by atoms with van der Waals surface area (Å²) in [5, 5.41) is 10.2. The number of benzene rings is 1. The van der Waals surface area contributed by atoms with E-state index in [0.717, 1.165) is 21.6 Å². The molecule has 1 N–H and O–H groups in total. The first-order valence-corrected chi connectivity index (χ1v) is 7.75. The minimum atomic E-state index is -0.471. The summed E-state index contributed by atoms with van der Waals surface area (Å²) in [6, 6.07) is 14.2. The zero-order valence-corrected chi connectivity index (χ0v) is 12.9. The van der Waals surface area contributed by atoms with E-state index in [9.17, 15) is 0 Å². The van der Waals surface area contributed by atoms with Gasteiger partial charge in [-0.1, -0.05) is 48.6 Å². The molecular formula is C18H17NOS. The summed E-state index contributed by atoms with van der Waals surface area (Å²) >= 11 is 1.64. The Hall–Kier alpha value is -2.13. The highest BCUT2D eigenvalue weighted by Gasteiger charge is 2.37. The van der Waals surface area contributed by atoms with Gasteiger partial charge in [-0.2, -0.15) is 0 Å². The Labute approximate surface area is 128 Å². The summed E-state index contributed by atoms with van der Waals surface area (Å²) in [6.07, 6.45) is 4.15. The first-order chi connectivity index (χ1) is 10.1. The third kappa shape index (κ3) is 2.69. The maximum Gasteiger partial charge on any atom is 0.215 e. The van der Waals surface area contributed by atoms with E-state index < -0.39 is 5.60 Å². The maximum absolute atomic E-state index is 8.14. The van der Waals surface area contributed by atoms with Crippen molar-refractivity contribution < 1.29 is 4.74 Å². The number of nitrogens with one attached hydrogen (secondary N) is 1. The van der Waals surface area contributed by atoms with Crippen LogP contribution in [0.3, 0.4) is 0 Å². The number of rotatable bonds is 3. The van der Waals surface area contributed by atoms with Gasteiger partial charge in [-0.05, 0) is 30.9 Å². The molecule has 2 aromatic rings. The van der Waals surface area contributed by atoms with Gasteiger partial charge in [0.1, 0.15) is 5.60 Å². The highest BCUT2D eigenvalue weighted by atomic mass is 32.1. The van der Waals surface area contributed by atoms with Gasteiger partial charge in [-0.15, -0.1) is 11.3 Å². The molecule has 0 unspecified atom stereocenters. The van der Waals surface area contributed by atoms with Gasteiger partial charge in [0.2, 0.25) is 5.90 Å². The van der Waals surface area contributed by atoms with Crippen LogP contribution in [0.5, 0.6) is 0 Å². The zero-order chi connectivity index (χ0) is 14.9. The van der Waals surface area contributed by atoms with E-state index in [2.05, 4.69) is 24.3 Å². The highest BCUT2D eigenvalue weighted by Crippen LogP contribution is 2.40. The van der Waals surface area contributed by atoms with Gasteiger partial charge in [-0.25, -0.2) is 0 Å². The average molecular weight is 295 g/mol. The van der Waals surface area contributed by atoms with E-state index >= 15 is 0 Å². The molecule has 0 aliphatic carbocycles. The molecule has 106 valence electrons. The molecule has 0 bridgehead atoms. The van der Waals surface area contributed by atoms with Crippen LogP contribution in [0.25, 0.3) is 11.6 Å². The van der Waals surface area contributed by atoms with Crippen LogP contribution in [-0.4, -0.2) is 11.5 Å². The quantitative estimate of drug-likeness (QED) is 0.849. The molecule has 0 saturated heterocycles. The van der Waals surface area contributed by atoms with Gasteiger partial charge in [0.15, 0.2) is 0 Å². The molecule has 1 aliphatic rings. The molecule has 3 rings (SSSR count). The van der Waals surface area contributed by atoms with Gasteiger partial charge in [0.25, 0.3) is 0 Å². The van der Waals surface area contributed by atoms with Gasteiger partial charge in [0, 0.05) is 10.5 Å². The fourth-order valence-electron chi connectivity index (χ4n) is 2.48. The zero-order valence-electron chi connectivity index (χ0n) is 12.1. The first kappa shape index (κ1) is 13.8. The van der Waals surface area contributed by atoms with Gasteiger partial charge >= 0.3 is 0 Å². The van der Waals surface area contributed by atoms with Gasteiger partial charge in [-0.3, -0.25) is 5.41 Å². The molecule has 1 aromatic heterocycles. The summed E-state index contributed by atoms with van der Waals surface area (Å²) < 4.78 is 5.75. The van der Waals surface area contributed by atoms with E-state index in [0.29, 0.717) is 0 Å². The summed E-state index contributed by atoms with van der Waals surface area (Å²) in [5.74, 6) is 0.259. The second kappa shape index (κ2) is 5.34. The van der Waals surface area contributed by atoms with Crippen molar-refractivity contribution in [2.24, 2.45) is 0 Å². The molecule has 2 heterocycles. The Bertz CT molecular complexity index is 709. The molecule has 1 aliphatic heterocycles. The summed E-state index contributed by atoms with van der Waals surface area (Å²) in [4.78, 5) is 1.08. The smallest absolute Gasteiger partial charge is 0.215 e. The van der Waals surface area contributed by atoms with E-state index in [1.54, 1.807) is 11.3 Å². The molecule has 0 radical (unpaired) electrons. The predicted octanol–water partition coefficient (Wildman–Crippen LogP) is 5.00. The van der Waals surface area contributed by atoms with Crippen molar-refractivity contribution in [3.8, 4) is 0 Å². The molecule has 21 heavy (non-hydrogen) atoms. The molecule has 0 spiro atoms. The number of hydrogen-bond acceptors (Lipinski definition) is 3. The Balaban J connectivity index is 2.06. The lowest BCUT2D eigenvalue weighted by Crippen LogP contribution is -2.22. The molecule has 0 saturated carbocycles. The monoisotopic (exact) mass is 295 g/mol. The highest BCUT2D eigenvalue weighted by molar-refractivity contribution is 7.11. The Morgan fingerprint density at radius 1 is 1.05 bits per heavy atom. The topological polar surface area (TPSA) is 33.1 Å². The van der Waals surface area contributed by atoms with E-state index in [-0.39, 0.29) is 5.90 Å². The predicted molar refractivity (Wildman–Crippen MR) is 89.6 cm³/mol. The molecule has 1 aromatic carbocycles. The molecular weight excluding hydrogens is 278 g/mol. The van der Waals surface area contributed by atoms with Crippen LogP contribution in [0.2, 0.25) is 0 Å². The fourth-order valence-corrected chi connectivity index (χ4v) is 3.26. The normalized spacial score (nSPS) is 17.5. The fraction of sp³-hybridized carbons (Fsp3) is 0.167. The largest absolute Gasteiger partial charge is 0.467 e. The second-order valence-corrected chi connectivity index (χ2v) is 6.40. The van der Waals surface area contributed by atoms with Crippen LogP contribution in [0, 0.1) is 5.41 Å². The van der Waals surface area contributed by atoms with Crippen molar-refractivity contribution in [2.45, 2.75) is 19.4 Å². The van der Waals surface area contributed by atoms with Crippen LogP contribution < -0.4 is 0 Å². The van der Waals surface area contributed by atoms with Crippen LogP contribution in [0.15, 0.2) is 59.5 Å². The lowest BCUT2D eigenvalue weighted by Gasteiger charge is -2.19. The van der Waals surface area contributed by atoms with Crippen molar-refractivity contribution in [1.82, 2.24) is 0 Å². The van der Waals surface area contributed by atoms with Crippen molar-refractivity contribution >= 4 is 28.9 Å². The Morgan fingerprint density at radius 2 is 1.81 bits per heavy atom. The standard InChI is InChI=1S/C18H17NOS/c1-18(2)14(11-10-13-7-4-3-5-8-13)16(17(19)20-18)15-9-6-12-21-15/h3-12,19H,1-2H3. The third-order valence-corrected chi connectivity index (χ3v) is 4.40. The average Bonchev–Trinajstić information content (AvgIpc) is 3.03. The molecule has 0 atom stereocenters. The molecule has 0 fully saturated rings. The van der Waals surface area contributed by atoms with Crippen molar-refractivity contribution in [1.29, 1.82) is 5.41 Å². The Morgan fingerprint density at radius 3 is 2.48 bits per heavy atom. The lowest BCUT2D eigenvalue weighted by molar-refractivity contribution is 0.152. The van der Waals surface area contributed by atoms with Crippen molar-refractivity contribution in [2.75, 3.05) is 0 Å². The maximum atomic E-state index is 8.14. The molecule has 0 amide bonds. The summed E-state index contributed by atoms with van der Waals surface area (Å²) in [6.45, 7) is 4.01. The van der Waals surface area contributed by atoms with Gasteiger partial charge < -0.3 is 4.74 Å². The van der Waals surface area contributed by atoms with E-state index in [1.807, 2.05) is 49.6 Å². The second-order valence-electron chi connectivity index (χ2n) is 5.45. The molecule has 2 nitrogen and oxygen atoms in total. The minimum absolute atomic E-state index is 0.259. The van der Waals surface area contributed by atoms with E-state index in [1.165, 1.54) is 0 Å². The van der Waals surface area contributed by atoms with Crippen LogP contribution >= 0.6 is 11.3 Å². The summed E-state index contributed by atoms with van der Waals surface area (Å²) in [5.41, 5.74) is 2.63. The van der Waals surface area contributed by atoms with Crippen LogP contribution in [0.4, 0.5) is 0 Å². The SMILES string of the molecule is CC1(C)OC(=N)C(c2cccs2)=C1C=Cc1ccccc1. The van der Waals surface area contributed by atoms with Crippen molar-refractivity contribution in [3.63, 3.8) is 0 Å². The van der Waals surface area contributed by atoms with Crippen LogP contribution in [0.1, 0.15) is 24.3 Å². The number of thiophene rings is 1. The van der Waals surface area contributed by atoms with E-state index in [4.69, 9.17) is 10.1 Å². The molecule has 3 heteroatoms. The Kier molecular flexibility index (Phi) is 3.52. The van der Waals surface area contributed by atoms with Gasteiger partial charge in [0.05, 0.1) is 5.57 Å². The summed E-state index contributed by atoms with van der Waals surface area (Å²) in [7, 11) is 0. The number of hydrogen-bond donors (Lipinski definition) is 1. The minimum Gasteiger partial charge on any atom is -0.467 e. The third-order valence-electron chi connectivity index (χ3n) is 3.51. The number of ether oxygens (including phenoxy) is 1. The lowest BCUT2D eigenvalue weighted by atomic mass is 9.94. The van der Waals surface area contributed by atoms with Crippen LogP contribution in [-0.2, 0) is 4.74 Å². The first-order valence-electron chi connectivity index (χ1n) is 6.87.